The molecular weight excluding hydrogens is 1010 g/mol. The monoisotopic (exact) mass is 1120 g/mol. The molecule has 0 spiro atoms. The van der Waals surface area contributed by atoms with Crippen molar-refractivity contribution in [2.24, 2.45) is 0 Å². The van der Waals surface area contributed by atoms with Gasteiger partial charge in [0.15, 0.2) is 0 Å². The van der Waals surface area contributed by atoms with Gasteiger partial charge in [0.05, 0.1) is 39.9 Å². The number of likely N-dealkylation sites (N-methyl/N-ethyl adjacent to an activating group) is 1. The highest BCUT2D eigenvalue weighted by molar-refractivity contribution is 7.45. The number of amides is 1. The van der Waals surface area contributed by atoms with Gasteiger partial charge in [-0.05, 0) is 128 Å². The number of phosphoric ester groups is 1. The third-order valence-electron chi connectivity index (χ3n) is 12.9. The molecule has 1 amide bonds. The molecule has 3 unspecified atom stereocenters. The van der Waals surface area contributed by atoms with Crippen LogP contribution < -0.4 is 10.2 Å². The third kappa shape index (κ3) is 61.5. The summed E-state index contributed by atoms with van der Waals surface area (Å²) in [5, 5.41) is 13.9. The first-order chi connectivity index (χ1) is 39.0. The van der Waals surface area contributed by atoms with Gasteiger partial charge in [0, 0.05) is 6.42 Å². The van der Waals surface area contributed by atoms with E-state index in [2.05, 4.69) is 177 Å². The van der Waals surface area contributed by atoms with Crippen molar-refractivity contribution in [2.45, 2.75) is 231 Å². The predicted molar refractivity (Wildman–Crippen MR) is 347 cm³/mol. The second kappa shape index (κ2) is 59.5. The summed E-state index contributed by atoms with van der Waals surface area (Å²) in [6.45, 7) is 4.47. The van der Waals surface area contributed by atoms with E-state index in [0.717, 1.165) is 128 Å². The maximum absolute atomic E-state index is 13.0. The SMILES string of the molecule is CC/C=C\C/C=C\C/C=C\C/C=C\C/C=C\C/C=C\C/C=C\C/C=C\C/C=C\C/C=C\C/C=C\CCCCCCCC(=O)NC(COP(=O)([O-])OCC[N+](C)(C)C)C(O)/C=C/CC/C=C/CC/C=C/CCCCCCCCCCC. The van der Waals surface area contributed by atoms with E-state index in [-0.39, 0.29) is 12.5 Å². The van der Waals surface area contributed by atoms with Crippen LogP contribution in [0.1, 0.15) is 219 Å². The highest BCUT2D eigenvalue weighted by Crippen LogP contribution is 2.38. The van der Waals surface area contributed by atoms with Crippen LogP contribution in [-0.2, 0) is 18.4 Å². The zero-order valence-electron chi connectivity index (χ0n) is 51.5. The molecule has 0 aromatic rings. The fourth-order valence-electron chi connectivity index (χ4n) is 8.01. The maximum Gasteiger partial charge on any atom is 0.268 e. The molecule has 0 rings (SSSR count). The van der Waals surface area contributed by atoms with E-state index in [1.165, 1.54) is 64.2 Å². The predicted octanol–water partition coefficient (Wildman–Crippen LogP) is 19.3. The number of hydrogen-bond donors (Lipinski definition) is 2. The quantitative estimate of drug-likeness (QED) is 0.0272. The van der Waals surface area contributed by atoms with Crippen LogP contribution in [0.3, 0.4) is 0 Å². The Hall–Kier alpha value is -4.14. The maximum atomic E-state index is 13.0. The lowest BCUT2D eigenvalue weighted by Crippen LogP contribution is -2.45. The summed E-state index contributed by atoms with van der Waals surface area (Å²) < 4.78 is 23.3. The van der Waals surface area contributed by atoms with Gasteiger partial charge < -0.3 is 28.8 Å². The molecule has 0 saturated carbocycles. The first kappa shape index (κ1) is 75.9. The summed E-state index contributed by atoms with van der Waals surface area (Å²) in [5.74, 6) is -0.237. The molecule has 0 aromatic carbocycles. The fraction of sp³-hybridized carbons (Fsp3) is 0.592. The van der Waals surface area contributed by atoms with Crippen LogP contribution in [0.15, 0.2) is 170 Å². The van der Waals surface area contributed by atoms with Crippen molar-refractivity contribution in [3.05, 3.63) is 170 Å². The molecule has 2 N–H and O–H groups in total. The van der Waals surface area contributed by atoms with Crippen LogP contribution >= 0.6 is 7.82 Å². The van der Waals surface area contributed by atoms with Crippen molar-refractivity contribution in [3.63, 3.8) is 0 Å². The van der Waals surface area contributed by atoms with E-state index in [4.69, 9.17) is 9.05 Å². The van der Waals surface area contributed by atoms with E-state index in [9.17, 15) is 19.4 Å². The summed E-state index contributed by atoms with van der Waals surface area (Å²) in [4.78, 5) is 25.5. The molecule has 0 aromatic heterocycles. The van der Waals surface area contributed by atoms with Gasteiger partial charge in [-0.1, -0.05) is 255 Å². The Morgan fingerprint density at radius 2 is 0.775 bits per heavy atom. The second-order valence-corrected chi connectivity index (χ2v) is 23.1. The van der Waals surface area contributed by atoms with E-state index >= 15 is 0 Å². The van der Waals surface area contributed by atoms with Gasteiger partial charge in [-0.25, -0.2) is 0 Å². The van der Waals surface area contributed by atoms with Gasteiger partial charge >= 0.3 is 0 Å². The van der Waals surface area contributed by atoms with Gasteiger partial charge in [-0.2, -0.15) is 0 Å². The minimum atomic E-state index is -4.63. The number of allylic oxidation sites excluding steroid dienone is 27. The molecule has 0 saturated heterocycles. The molecule has 80 heavy (non-hydrogen) atoms. The molecule has 452 valence electrons. The highest BCUT2D eigenvalue weighted by Gasteiger charge is 2.23. The Balaban J connectivity index is 4.28. The Labute approximate surface area is 492 Å². The standard InChI is InChI=1S/C71H117N2O6P/c1-6-8-10-12-14-16-18-20-22-24-26-27-28-29-30-31-32-33-34-35-36-37-38-39-40-41-42-43-44-45-47-49-51-53-55-57-59-61-63-65-71(75)72-69(68-79-80(76,77)78-67-66-73(3,4)5)70(74)64-62-60-58-56-54-52-50-48-46-25-23-21-19-17-15-13-11-9-7-2/h8,10,14,16,20,22,26-27,29-30,32-33,35-36,38-39,41-42,44-46,48-49,51,54,56,62,64,69-70,74H,6-7,9,11-13,15,17-19,21,23-25,28,31,34,37,40,43,47,50,52-53,55,57-61,63,65-68H2,1-5H3,(H-,72,75,76,77)/b10-8-,16-14-,22-20-,27-26-,30-29-,33-32-,36-35-,39-38-,42-41-,45-44-,48-46+,51-49-,56-54+,64-62+. The summed E-state index contributed by atoms with van der Waals surface area (Å²) in [7, 11) is 1.20. The number of aliphatic hydroxyl groups is 1. The highest BCUT2D eigenvalue weighted by atomic mass is 31.2. The average Bonchev–Trinajstić information content (AvgIpc) is 3.42. The van der Waals surface area contributed by atoms with E-state index in [1.54, 1.807) is 6.08 Å². The number of carbonyl (C=O) groups is 1. The molecule has 8 nitrogen and oxygen atoms in total. The van der Waals surface area contributed by atoms with Crippen LogP contribution in [-0.4, -0.2) is 68.5 Å². The molecule has 3 atom stereocenters. The molecule has 0 aliphatic heterocycles. The lowest BCUT2D eigenvalue weighted by molar-refractivity contribution is -0.870. The van der Waals surface area contributed by atoms with Gasteiger partial charge in [-0.3, -0.25) is 9.36 Å². The zero-order chi connectivity index (χ0) is 58.4. The Morgan fingerprint density at radius 1 is 0.450 bits per heavy atom. The summed E-state index contributed by atoms with van der Waals surface area (Å²) in [6, 6.07) is -0.934. The summed E-state index contributed by atoms with van der Waals surface area (Å²) in [6.07, 6.45) is 94.4. The number of nitrogens with zero attached hydrogens (tertiary/aromatic N) is 1. The normalized spacial score (nSPS) is 14.9. The second-order valence-electron chi connectivity index (χ2n) is 21.7. The molecule has 0 fully saturated rings. The lowest BCUT2D eigenvalue weighted by atomic mass is 10.1. The number of unbranched alkanes of at least 4 members (excludes halogenated alkanes) is 16. The van der Waals surface area contributed by atoms with Crippen molar-refractivity contribution in [3.8, 4) is 0 Å². The van der Waals surface area contributed by atoms with Crippen LogP contribution in [0, 0.1) is 0 Å². The van der Waals surface area contributed by atoms with Crippen molar-refractivity contribution in [1.29, 1.82) is 0 Å². The van der Waals surface area contributed by atoms with Crippen molar-refractivity contribution >= 4 is 13.7 Å². The van der Waals surface area contributed by atoms with Gasteiger partial charge in [-0.15, -0.1) is 0 Å². The number of hydrogen-bond acceptors (Lipinski definition) is 6. The Morgan fingerprint density at radius 3 is 1.16 bits per heavy atom. The van der Waals surface area contributed by atoms with E-state index < -0.39 is 26.6 Å². The fourth-order valence-corrected chi connectivity index (χ4v) is 8.73. The van der Waals surface area contributed by atoms with Crippen LogP contribution in [0.4, 0.5) is 0 Å². The first-order valence-electron chi connectivity index (χ1n) is 31.5. The first-order valence-corrected chi connectivity index (χ1v) is 33.0. The zero-order valence-corrected chi connectivity index (χ0v) is 52.3. The average molecular weight is 1130 g/mol. The number of aliphatic hydroxyl groups excluding tert-OH is 1. The minimum absolute atomic E-state index is 0.0225. The van der Waals surface area contributed by atoms with E-state index in [0.29, 0.717) is 23.9 Å². The molecule has 0 heterocycles. The van der Waals surface area contributed by atoms with Crippen LogP contribution in [0.5, 0.6) is 0 Å². The molecule has 0 aliphatic carbocycles. The molecule has 9 heteroatoms. The van der Waals surface area contributed by atoms with E-state index in [1.807, 2.05) is 27.2 Å². The number of nitrogens with one attached hydrogen (secondary N) is 1. The molecule has 0 bridgehead atoms. The number of rotatable bonds is 55. The lowest BCUT2D eigenvalue weighted by Gasteiger charge is -2.29. The number of carbonyl (C=O) groups excluding carboxylic acids is 1. The van der Waals surface area contributed by atoms with Crippen LogP contribution in [0.25, 0.3) is 0 Å². The van der Waals surface area contributed by atoms with Gasteiger partial charge in [0.2, 0.25) is 5.91 Å². The molecular formula is C71H117N2O6P. The third-order valence-corrected chi connectivity index (χ3v) is 13.9. The van der Waals surface area contributed by atoms with Crippen molar-refractivity contribution in [1.82, 2.24) is 5.32 Å². The van der Waals surface area contributed by atoms with Crippen molar-refractivity contribution in [2.75, 3.05) is 40.9 Å². The smallest absolute Gasteiger partial charge is 0.268 e. The van der Waals surface area contributed by atoms with Gasteiger partial charge in [0.25, 0.3) is 7.82 Å². The minimum Gasteiger partial charge on any atom is -0.756 e. The summed E-state index contributed by atoms with van der Waals surface area (Å²) in [5.41, 5.74) is 0. The van der Waals surface area contributed by atoms with Crippen molar-refractivity contribution < 1.29 is 32.9 Å². The Bertz CT molecular complexity index is 1900. The topological polar surface area (TPSA) is 108 Å². The molecule has 0 aliphatic rings. The van der Waals surface area contributed by atoms with Gasteiger partial charge in [0.1, 0.15) is 13.2 Å². The molecule has 0 radical (unpaired) electrons. The number of phosphoric acid groups is 1. The largest absolute Gasteiger partial charge is 0.756 e. The summed E-state index contributed by atoms with van der Waals surface area (Å²) >= 11 is 0. The van der Waals surface area contributed by atoms with Crippen LogP contribution in [0.2, 0.25) is 0 Å². The Kier molecular flexibility index (Phi) is 56.4. The number of quaternary nitrogens is 1.